The molecule has 126 valence electrons. The summed E-state index contributed by atoms with van der Waals surface area (Å²) < 4.78 is 33.8. The van der Waals surface area contributed by atoms with Crippen molar-refractivity contribution >= 4 is 22.8 Å². The summed E-state index contributed by atoms with van der Waals surface area (Å²) in [5.74, 6) is 0.0168. The average Bonchev–Trinajstić information content (AvgIpc) is 2.61. The van der Waals surface area contributed by atoms with Crippen LogP contribution in [0.3, 0.4) is 0 Å². The number of rotatable bonds is 5. The zero-order chi connectivity index (χ0) is 17.6. The van der Waals surface area contributed by atoms with Gasteiger partial charge in [0.2, 0.25) is 0 Å². The first kappa shape index (κ1) is 16.6. The number of hydrogen-bond acceptors (Lipinski definition) is 3. The Kier molecular flexibility index (Phi) is 5.04. The van der Waals surface area contributed by atoms with Crippen LogP contribution in [0.4, 0.5) is 8.78 Å². The molecule has 0 bridgehead atoms. The molecule has 0 saturated heterocycles. The van der Waals surface area contributed by atoms with Gasteiger partial charge in [0.05, 0.1) is 0 Å². The summed E-state index contributed by atoms with van der Waals surface area (Å²) in [6.45, 7) is -2.86. The van der Waals surface area contributed by atoms with Crippen LogP contribution in [-0.4, -0.2) is 12.6 Å². The van der Waals surface area contributed by atoms with Crippen molar-refractivity contribution in [2.24, 2.45) is 0 Å². The topological polar surface area (TPSA) is 35.5 Å². The SMILES string of the molecule is O=C(/C=C/c1ccc(OC(F)F)cc1)Oc1cccc2ccccc12. The van der Waals surface area contributed by atoms with E-state index in [-0.39, 0.29) is 5.75 Å². The van der Waals surface area contributed by atoms with Crippen LogP contribution in [0.1, 0.15) is 5.56 Å². The minimum atomic E-state index is -2.86. The predicted molar refractivity (Wildman–Crippen MR) is 91.7 cm³/mol. The van der Waals surface area contributed by atoms with Gasteiger partial charge in [0.15, 0.2) is 0 Å². The van der Waals surface area contributed by atoms with E-state index in [9.17, 15) is 13.6 Å². The van der Waals surface area contributed by atoms with Crippen LogP contribution in [0, 0.1) is 0 Å². The molecule has 0 heterocycles. The van der Waals surface area contributed by atoms with Gasteiger partial charge in [-0.15, -0.1) is 0 Å². The summed E-state index contributed by atoms with van der Waals surface area (Å²) in [4.78, 5) is 12.0. The molecule has 0 aliphatic heterocycles. The van der Waals surface area contributed by atoms with E-state index in [0.29, 0.717) is 11.3 Å². The smallest absolute Gasteiger partial charge is 0.387 e. The second-order valence-corrected chi connectivity index (χ2v) is 5.18. The molecule has 0 amide bonds. The molecule has 0 spiro atoms. The van der Waals surface area contributed by atoms with Gasteiger partial charge in [-0.05, 0) is 35.2 Å². The van der Waals surface area contributed by atoms with Gasteiger partial charge in [0.25, 0.3) is 0 Å². The lowest BCUT2D eigenvalue weighted by Crippen LogP contribution is -2.04. The molecule has 3 aromatic rings. The number of hydrogen-bond donors (Lipinski definition) is 0. The van der Waals surface area contributed by atoms with Gasteiger partial charge >= 0.3 is 12.6 Å². The Morgan fingerprint density at radius 2 is 1.64 bits per heavy atom. The molecule has 0 N–H and O–H groups in total. The van der Waals surface area contributed by atoms with Gasteiger partial charge in [0.1, 0.15) is 11.5 Å². The molecule has 0 aliphatic carbocycles. The van der Waals surface area contributed by atoms with Gasteiger partial charge < -0.3 is 9.47 Å². The lowest BCUT2D eigenvalue weighted by Gasteiger charge is -2.06. The maximum Gasteiger partial charge on any atom is 0.387 e. The molecule has 3 rings (SSSR count). The third kappa shape index (κ3) is 4.41. The molecular weight excluding hydrogens is 326 g/mol. The predicted octanol–water partition coefficient (Wildman–Crippen LogP) is 5.06. The first-order valence-electron chi connectivity index (χ1n) is 7.54. The Morgan fingerprint density at radius 3 is 2.40 bits per heavy atom. The highest BCUT2D eigenvalue weighted by Crippen LogP contribution is 2.25. The number of carbonyl (C=O) groups excluding carboxylic acids is 1. The van der Waals surface area contributed by atoms with Gasteiger partial charge in [-0.3, -0.25) is 0 Å². The molecule has 0 fully saturated rings. The summed E-state index contributed by atoms with van der Waals surface area (Å²) in [7, 11) is 0. The van der Waals surface area contributed by atoms with Crippen molar-refractivity contribution in [3.8, 4) is 11.5 Å². The third-order valence-electron chi connectivity index (χ3n) is 3.48. The van der Waals surface area contributed by atoms with Gasteiger partial charge in [-0.2, -0.15) is 8.78 Å². The van der Waals surface area contributed by atoms with Crippen LogP contribution in [0.25, 0.3) is 16.8 Å². The van der Waals surface area contributed by atoms with Crippen LogP contribution in [0.5, 0.6) is 11.5 Å². The van der Waals surface area contributed by atoms with E-state index in [4.69, 9.17) is 4.74 Å². The number of esters is 1. The van der Waals surface area contributed by atoms with E-state index in [0.717, 1.165) is 10.8 Å². The van der Waals surface area contributed by atoms with Crippen molar-refractivity contribution in [2.45, 2.75) is 6.61 Å². The molecule has 3 aromatic carbocycles. The van der Waals surface area contributed by atoms with Crippen LogP contribution in [-0.2, 0) is 4.79 Å². The summed E-state index contributed by atoms with van der Waals surface area (Å²) in [5.41, 5.74) is 0.663. The Bertz CT molecular complexity index is 897. The summed E-state index contributed by atoms with van der Waals surface area (Å²) in [5, 5.41) is 1.83. The molecule has 0 unspecified atom stereocenters. The number of alkyl halides is 2. The molecule has 0 atom stereocenters. The molecule has 25 heavy (non-hydrogen) atoms. The first-order valence-corrected chi connectivity index (χ1v) is 7.54. The average molecular weight is 340 g/mol. The van der Waals surface area contributed by atoms with Gasteiger partial charge in [-0.25, -0.2) is 4.79 Å². The Labute approximate surface area is 143 Å². The summed E-state index contributed by atoms with van der Waals surface area (Å²) >= 11 is 0. The van der Waals surface area contributed by atoms with Gasteiger partial charge in [-0.1, -0.05) is 48.5 Å². The maximum atomic E-state index is 12.1. The van der Waals surface area contributed by atoms with Crippen LogP contribution >= 0.6 is 0 Å². The zero-order valence-corrected chi connectivity index (χ0v) is 13.1. The van der Waals surface area contributed by atoms with Gasteiger partial charge in [0, 0.05) is 11.5 Å². The van der Waals surface area contributed by atoms with E-state index < -0.39 is 12.6 Å². The highest BCUT2D eigenvalue weighted by atomic mass is 19.3. The lowest BCUT2D eigenvalue weighted by atomic mass is 10.1. The summed E-state index contributed by atoms with van der Waals surface area (Å²) in [6, 6.07) is 19.0. The fourth-order valence-corrected chi connectivity index (χ4v) is 2.35. The Morgan fingerprint density at radius 1 is 0.920 bits per heavy atom. The fraction of sp³-hybridized carbons (Fsp3) is 0.0500. The zero-order valence-electron chi connectivity index (χ0n) is 13.1. The van der Waals surface area contributed by atoms with Crippen molar-refractivity contribution in [1.82, 2.24) is 0 Å². The minimum Gasteiger partial charge on any atom is -0.435 e. The van der Waals surface area contributed by atoms with Crippen LogP contribution in [0.15, 0.2) is 72.8 Å². The molecule has 0 aliphatic rings. The van der Waals surface area contributed by atoms with E-state index >= 15 is 0 Å². The molecule has 3 nitrogen and oxygen atoms in total. The molecular formula is C20H14F2O3. The van der Waals surface area contributed by atoms with Crippen molar-refractivity contribution in [2.75, 3.05) is 0 Å². The van der Waals surface area contributed by atoms with Crippen molar-refractivity contribution in [1.29, 1.82) is 0 Å². The number of ether oxygens (including phenoxy) is 2. The number of fused-ring (bicyclic) bond motifs is 1. The first-order chi connectivity index (χ1) is 12.1. The largest absolute Gasteiger partial charge is 0.435 e. The van der Waals surface area contributed by atoms with E-state index in [1.807, 2.05) is 36.4 Å². The van der Waals surface area contributed by atoms with E-state index in [1.54, 1.807) is 24.3 Å². The Hall–Kier alpha value is -3.21. The minimum absolute atomic E-state index is 0.0606. The lowest BCUT2D eigenvalue weighted by molar-refractivity contribution is -0.128. The van der Waals surface area contributed by atoms with Crippen molar-refractivity contribution in [3.63, 3.8) is 0 Å². The number of halogens is 2. The van der Waals surface area contributed by atoms with Crippen LogP contribution < -0.4 is 9.47 Å². The Balaban J connectivity index is 1.68. The quantitative estimate of drug-likeness (QED) is 0.370. The van der Waals surface area contributed by atoms with E-state index in [2.05, 4.69) is 4.74 Å². The summed E-state index contributed by atoms with van der Waals surface area (Å²) in [6.07, 6.45) is 2.82. The molecule has 0 radical (unpaired) electrons. The molecule has 0 saturated carbocycles. The van der Waals surface area contributed by atoms with Crippen molar-refractivity contribution in [3.05, 3.63) is 78.4 Å². The highest BCUT2D eigenvalue weighted by Gasteiger charge is 2.06. The second-order valence-electron chi connectivity index (χ2n) is 5.18. The number of carbonyl (C=O) groups is 1. The second kappa shape index (κ2) is 7.57. The maximum absolute atomic E-state index is 12.1. The van der Waals surface area contributed by atoms with Crippen LogP contribution in [0.2, 0.25) is 0 Å². The fourth-order valence-electron chi connectivity index (χ4n) is 2.35. The van der Waals surface area contributed by atoms with E-state index in [1.165, 1.54) is 18.2 Å². The normalized spacial score (nSPS) is 11.2. The standard InChI is InChI=1S/C20H14F2O3/c21-20(22)24-16-11-8-14(9-12-16)10-13-19(23)25-18-7-3-5-15-4-1-2-6-17(15)18/h1-13,20H/b13-10+. The van der Waals surface area contributed by atoms with Crippen molar-refractivity contribution < 1.29 is 23.0 Å². The monoisotopic (exact) mass is 340 g/mol. The molecule has 5 heteroatoms. The highest BCUT2D eigenvalue weighted by molar-refractivity contribution is 5.94. The molecule has 0 aromatic heterocycles. The third-order valence-corrected chi connectivity index (χ3v) is 3.48. The number of benzene rings is 3.